The monoisotopic (exact) mass is 265 g/mol. The van der Waals surface area contributed by atoms with Crippen LogP contribution >= 0.6 is 0 Å². The maximum absolute atomic E-state index is 12.0. The molecule has 104 valence electrons. The average Bonchev–Trinajstić information content (AvgIpc) is 2.88. The molecule has 0 aliphatic carbocycles. The van der Waals surface area contributed by atoms with Gasteiger partial charge in [0.1, 0.15) is 0 Å². The van der Waals surface area contributed by atoms with Crippen LogP contribution in [0.25, 0.3) is 0 Å². The number of aromatic amines is 1. The standard InChI is InChI=1S/C12H19N5O2/c1-9(18)15-11-3-2-6-17(8-11)12(19)13-7-10-4-5-14-16-10/h4-5,11H,2-3,6-8H2,1H3,(H,13,19)(H,14,16)(H,15,18). The minimum atomic E-state index is -0.107. The third kappa shape index (κ3) is 3.97. The summed E-state index contributed by atoms with van der Waals surface area (Å²) in [6.45, 7) is 3.22. The van der Waals surface area contributed by atoms with E-state index in [1.165, 1.54) is 6.92 Å². The van der Waals surface area contributed by atoms with Gasteiger partial charge in [0.05, 0.1) is 12.2 Å². The van der Waals surface area contributed by atoms with E-state index in [-0.39, 0.29) is 18.0 Å². The number of likely N-dealkylation sites (tertiary alicyclic amines) is 1. The van der Waals surface area contributed by atoms with Gasteiger partial charge in [-0.25, -0.2) is 4.79 Å². The van der Waals surface area contributed by atoms with E-state index in [1.807, 2.05) is 6.07 Å². The van der Waals surface area contributed by atoms with Gasteiger partial charge < -0.3 is 15.5 Å². The largest absolute Gasteiger partial charge is 0.352 e. The van der Waals surface area contributed by atoms with Gasteiger partial charge in [0, 0.05) is 32.3 Å². The number of H-pyrrole nitrogens is 1. The van der Waals surface area contributed by atoms with Gasteiger partial charge in [0.25, 0.3) is 0 Å². The number of piperidine rings is 1. The van der Waals surface area contributed by atoms with Crippen molar-refractivity contribution < 1.29 is 9.59 Å². The van der Waals surface area contributed by atoms with E-state index in [1.54, 1.807) is 11.1 Å². The maximum Gasteiger partial charge on any atom is 0.317 e. The fourth-order valence-electron chi connectivity index (χ4n) is 2.23. The molecule has 0 saturated carbocycles. The quantitative estimate of drug-likeness (QED) is 0.730. The van der Waals surface area contributed by atoms with Crippen LogP contribution in [0.4, 0.5) is 4.79 Å². The van der Waals surface area contributed by atoms with E-state index in [0.29, 0.717) is 13.1 Å². The Balaban J connectivity index is 1.79. The number of amides is 3. The fraction of sp³-hybridized carbons (Fsp3) is 0.583. The van der Waals surface area contributed by atoms with Crippen LogP contribution in [0.2, 0.25) is 0 Å². The molecule has 7 nitrogen and oxygen atoms in total. The number of urea groups is 1. The molecule has 0 radical (unpaired) electrons. The van der Waals surface area contributed by atoms with E-state index in [0.717, 1.165) is 25.1 Å². The second-order valence-electron chi connectivity index (χ2n) is 4.73. The molecule has 1 fully saturated rings. The zero-order chi connectivity index (χ0) is 13.7. The van der Waals surface area contributed by atoms with Crippen LogP contribution in [-0.4, -0.2) is 46.2 Å². The number of nitrogens with zero attached hydrogens (tertiary/aromatic N) is 2. The van der Waals surface area contributed by atoms with Crippen LogP contribution in [0, 0.1) is 0 Å². The average molecular weight is 265 g/mol. The number of hydrogen-bond donors (Lipinski definition) is 3. The Morgan fingerprint density at radius 1 is 1.58 bits per heavy atom. The molecule has 7 heteroatoms. The SMILES string of the molecule is CC(=O)NC1CCCN(C(=O)NCc2ccn[nH]2)C1. The summed E-state index contributed by atoms with van der Waals surface area (Å²) in [6, 6.07) is 1.77. The van der Waals surface area contributed by atoms with Crippen molar-refractivity contribution in [1.82, 2.24) is 25.7 Å². The van der Waals surface area contributed by atoms with Crippen molar-refractivity contribution in [3.63, 3.8) is 0 Å². The Morgan fingerprint density at radius 3 is 3.11 bits per heavy atom. The second kappa shape index (κ2) is 6.21. The number of aromatic nitrogens is 2. The molecule has 1 aliphatic rings. The third-order valence-electron chi connectivity index (χ3n) is 3.10. The number of carbonyl (C=O) groups excluding carboxylic acids is 2. The summed E-state index contributed by atoms with van der Waals surface area (Å²) < 4.78 is 0. The normalized spacial score (nSPS) is 19.0. The van der Waals surface area contributed by atoms with Gasteiger partial charge >= 0.3 is 6.03 Å². The van der Waals surface area contributed by atoms with E-state index in [9.17, 15) is 9.59 Å². The van der Waals surface area contributed by atoms with Gasteiger partial charge in [-0.3, -0.25) is 9.89 Å². The summed E-state index contributed by atoms with van der Waals surface area (Å²) in [6.07, 6.45) is 3.47. The van der Waals surface area contributed by atoms with Crippen molar-refractivity contribution in [2.75, 3.05) is 13.1 Å². The zero-order valence-electron chi connectivity index (χ0n) is 11.0. The maximum atomic E-state index is 12.0. The lowest BCUT2D eigenvalue weighted by atomic mass is 10.1. The molecule has 2 rings (SSSR count). The van der Waals surface area contributed by atoms with Gasteiger partial charge in [-0.15, -0.1) is 0 Å². The summed E-state index contributed by atoms with van der Waals surface area (Å²) in [5.74, 6) is -0.0512. The minimum absolute atomic E-state index is 0.0512. The van der Waals surface area contributed by atoms with Gasteiger partial charge in [-0.2, -0.15) is 5.10 Å². The van der Waals surface area contributed by atoms with Crippen molar-refractivity contribution in [2.45, 2.75) is 32.4 Å². The molecule has 1 atom stereocenters. The van der Waals surface area contributed by atoms with Gasteiger partial charge in [0.2, 0.25) is 5.91 Å². The molecule has 3 N–H and O–H groups in total. The summed E-state index contributed by atoms with van der Waals surface area (Å²) in [4.78, 5) is 24.8. The van der Waals surface area contributed by atoms with Crippen molar-refractivity contribution >= 4 is 11.9 Å². The molecule has 1 aromatic rings. The van der Waals surface area contributed by atoms with Gasteiger partial charge in [-0.05, 0) is 18.9 Å². The number of carbonyl (C=O) groups is 2. The van der Waals surface area contributed by atoms with Gasteiger partial charge in [-0.1, -0.05) is 0 Å². The first kappa shape index (κ1) is 13.4. The van der Waals surface area contributed by atoms with Crippen LogP contribution in [0.15, 0.2) is 12.3 Å². The van der Waals surface area contributed by atoms with E-state index in [2.05, 4.69) is 20.8 Å². The first-order valence-corrected chi connectivity index (χ1v) is 6.43. The predicted octanol–water partition coefficient (Wildman–Crippen LogP) is 0.220. The van der Waals surface area contributed by atoms with Crippen LogP contribution in [0.1, 0.15) is 25.5 Å². The number of nitrogens with one attached hydrogen (secondary N) is 3. The summed E-state index contributed by atoms with van der Waals surface area (Å²) in [5, 5.41) is 12.3. The molecular weight excluding hydrogens is 246 g/mol. The highest BCUT2D eigenvalue weighted by atomic mass is 16.2. The molecule has 0 spiro atoms. The molecule has 0 bridgehead atoms. The first-order chi connectivity index (χ1) is 9.15. The Labute approximate surface area is 111 Å². The Morgan fingerprint density at radius 2 is 2.42 bits per heavy atom. The Kier molecular flexibility index (Phi) is 4.38. The smallest absolute Gasteiger partial charge is 0.317 e. The molecule has 3 amide bonds. The molecule has 1 unspecified atom stereocenters. The topological polar surface area (TPSA) is 90.1 Å². The van der Waals surface area contributed by atoms with Crippen molar-refractivity contribution in [2.24, 2.45) is 0 Å². The number of rotatable bonds is 3. The lowest BCUT2D eigenvalue weighted by Crippen LogP contribution is -2.51. The molecule has 1 aromatic heterocycles. The Hall–Kier alpha value is -2.05. The zero-order valence-corrected chi connectivity index (χ0v) is 11.0. The van der Waals surface area contributed by atoms with Crippen LogP contribution in [0.3, 0.4) is 0 Å². The highest BCUT2D eigenvalue weighted by Gasteiger charge is 2.23. The molecule has 19 heavy (non-hydrogen) atoms. The van der Waals surface area contributed by atoms with E-state index in [4.69, 9.17) is 0 Å². The fourth-order valence-corrected chi connectivity index (χ4v) is 2.23. The molecule has 0 aromatic carbocycles. The molecule has 2 heterocycles. The number of hydrogen-bond acceptors (Lipinski definition) is 3. The van der Waals surface area contributed by atoms with E-state index >= 15 is 0 Å². The molecule has 1 saturated heterocycles. The molecule has 1 aliphatic heterocycles. The summed E-state index contributed by atoms with van der Waals surface area (Å²) in [7, 11) is 0. The van der Waals surface area contributed by atoms with Crippen molar-refractivity contribution in [1.29, 1.82) is 0 Å². The van der Waals surface area contributed by atoms with Gasteiger partial charge in [0.15, 0.2) is 0 Å². The second-order valence-corrected chi connectivity index (χ2v) is 4.73. The molecular formula is C12H19N5O2. The highest BCUT2D eigenvalue weighted by molar-refractivity contribution is 5.75. The first-order valence-electron chi connectivity index (χ1n) is 6.43. The van der Waals surface area contributed by atoms with Crippen LogP contribution in [-0.2, 0) is 11.3 Å². The predicted molar refractivity (Wildman–Crippen MR) is 69.2 cm³/mol. The summed E-state index contributed by atoms with van der Waals surface area (Å²) >= 11 is 0. The van der Waals surface area contributed by atoms with E-state index < -0.39 is 0 Å². The Bertz CT molecular complexity index is 431. The van der Waals surface area contributed by atoms with Crippen molar-refractivity contribution in [3.8, 4) is 0 Å². The summed E-state index contributed by atoms with van der Waals surface area (Å²) in [5.41, 5.74) is 0.865. The lowest BCUT2D eigenvalue weighted by Gasteiger charge is -2.32. The van der Waals surface area contributed by atoms with Crippen LogP contribution < -0.4 is 10.6 Å². The van der Waals surface area contributed by atoms with Crippen molar-refractivity contribution in [3.05, 3.63) is 18.0 Å². The third-order valence-corrected chi connectivity index (χ3v) is 3.10. The highest BCUT2D eigenvalue weighted by Crippen LogP contribution is 2.10. The lowest BCUT2D eigenvalue weighted by molar-refractivity contribution is -0.119. The minimum Gasteiger partial charge on any atom is -0.352 e. The van der Waals surface area contributed by atoms with Crippen LogP contribution in [0.5, 0.6) is 0 Å².